The van der Waals surface area contributed by atoms with Gasteiger partial charge in [0.05, 0.1) is 6.61 Å². The van der Waals surface area contributed by atoms with E-state index >= 15 is 0 Å². The van der Waals surface area contributed by atoms with Gasteiger partial charge in [0.2, 0.25) is 0 Å². The molecule has 1 heterocycles. The maximum absolute atomic E-state index is 12.3. The molecule has 2 aliphatic rings. The van der Waals surface area contributed by atoms with E-state index in [-0.39, 0.29) is 18.6 Å². The largest absolute Gasteiger partial charge is 0.480 e. The average molecular weight is 268 g/mol. The summed E-state index contributed by atoms with van der Waals surface area (Å²) in [5.41, 5.74) is 1.20. The number of amides is 2. The molecular weight excluding hydrogens is 248 g/mol. The summed E-state index contributed by atoms with van der Waals surface area (Å²) >= 11 is 0. The fraction of sp³-hybridized carbons (Fsp3) is 0.692. The number of hydrogen-bond donors (Lipinski definition) is 1. The van der Waals surface area contributed by atoms with Crippen molar-refractivity contribution in [2.24, 2.45) is 0 Å². The summed E-state index contributed by atoms with van der Waals surface area (Å²) in [5, 5.41) is 8.88. The molecule has 0 aromatic rings. The highest BCUT2D eigenvalue weighted by molar-refractivity contribution is 5.81. The Morgan fingerprint density at radius 1 is 1.53 bits per heavy atom. The zero-order valence-corrected chi connectivity index (χ0v) is 11.2. The normalized spacial score (nSPS) is 19.0. The van der Waals surface area contributed by atoms with Crippen LogP contribution in [0.25, 0.3) is 0 Å². The van der Waals surface area contributed by atoms with Crippen molar-refractivity contribution in [1.29, 1.82) is 0 Å². The van der Waals surface area contributed by atoms with Gasteiger partial charge in [-0.1, -0.05) is 6.08 Å². The topological polar surface area (TPSA) is 70.1 Å². The first-order valence-corrected chi connectivity index (χ1v) is 6.56. The lowest BCUT2D eigenvalue weighted by molar-refractivity contribution is -0.137. The number of rotatable bonds is 5. The first kappa shape index (κ1) is 13.9. The van der Waals surface area contributed by atoms with Crippen LogP contribution in [0.1, 0.15) is 19.3 Å². The monoisotopic (exact) mass is 268 g/mol. The van der Waals surface area contributed by atoms with E-state index in [1.54, 1.807) is 12.0 Å². The lowest BCUT2D eigenvalue weighted by atomic mass is 10.1. The Bertz CT molecular complexity index is 390. The van der Waals surface area contributed by atoms with Crippen LogP contribution in [0.5, 0.6) is 0 Å². The SMILES string of the molecule is COCC1=CCN(C(=O)N(CC(=O)O)C2CC2)CC1. The molecule has 2 rings (SSSR count). The van der Waals surface area contributed by atoms with E-state index in [1.165, 1.54) is 10.5 Å². The first-order valence-electron chi connectivity index (χ1n) is 6.56. The van der Waals surface area contributed by atoms with Crippen LogP contribution in [0.3, 0.4) is 0 Å². The molecule has 0 atom stereocenters. The zero-order chi connectivity index (χ0) is 13.8. The van der Waals surface area contributed by atoms with Crippen LogP contribution in [0, 0.1) is 0 Å². The Balaban J connectivity index is 1.93. The maximum atomic E-state index is 12.3. The van der Waals surface area contributed by atoms with Crippen molar-refractivity contribution >= 4 is 12.0 Å². The highest BCUT2D eigenvalue weighted by Gasteiger charge is 2.36. The van der Waals surface area contributed by atoms with Gasteiger partial charge in [-0.05, 0) is 24.8 Å². The fourth-order valence-electron chi connectivity index (χ4n) is 2.27. The van der Waals surface area contributed by atoms with Gasteiger partial charge in [0.25, 0.3) is 0 Å². The molecule has 0 saturated heterocycles. The molecule has 0 aromatic heterocycles. The van der Waals surface area contributed by atoms with Gasteiger partial charge in [-0.3, -0.25) is 4.79 Å². The summed E-state index contributed by atoms with van der Waals surface area (Å²) in [6.07, 6.45) is 4.62. The third kappa shape index (κ3) is 3.70. The maximum Gasteiger partial charge on any atom is 0.323 e. The van der Waals surface area contributed by atoms with Crippen molar-refractivity contribution in [2.75, 3.05) is 33.4 Å². The van der Waals surface area contributed by atoms with Crippen molar-refractivity contribution in [1.82, 2.24) is 9.80 Å². The zero-order valence-electron chi connectivity index (χ0n) is 11.2. The Hall–Kier alpha value is -1.56. The van der Waals surface area contributed by atoms with Crippen molar-refractivity contribution in [3.8, 4) is 0 Å². The minimum atomic E-state index is -0.951. The molecule has 19 heavy (non-hydrogen) atoms. The van der Waals surface area contributed by atoms with Crippen molar-refractivity contribution in [2.45, 2.75) is 25.3 Å². The Morgan fingerprint density at radius 2 is 2.26 bits per heavy atom. The van der Waals surface area contributed by atoms with Crippen LogP contribution >= 0.6 is 0 Å². The highest BCUT2D eigenvalue weighted by Crippen LogP contribution is 2.28. The molecule has 0 aromatic carbocycles. The summed E-state index contributed by atoms with van der Waals surface area (Å²) in [5.74, 6) is -0.951. The molecule has 0 bridgehead atoms. The molecule has 2 amide bonds. The summed E-state index contributed by atoms with van der Waals surface area (Å²) < 4.78 is 5.07. The minimum Gasteiger partial charge on any atom is -0.480 e. The standard InChI is InChI=1S/C13H20N2O4/c1-19-9-10-4-6-14(7-5-10)13(18)15(8-12(16)17)11-2-3-11/h4,11H,2-3,5-9H2,1H3,(H,16,17). The summed E-state index contributed by atoms with van der Waals surface area (Å²) in [7, 11) is 1.65. The van der Waals surface area contributed by atoms with Crippen LogP contribution in [0.4, 0.5) is 4.79 Å². The van der Waals surface area contributed by atoms with E-state index in [0.717, 1.165) is 19.3 Å². The molecule has 6 nitrogen and oxygen atoms in total. The van der Waals surface area contributed by atoms with Crippen LogP contribution in [-0.4, -0.2) is 66.3 Å². The molecule has 1 aliphatic heterocycles. The second kappa shape index (κ2) is 6.06. The van der Waals surface area contributed by atoms with E-state index in [2.05, 4.69) is 0 Å². The van der Waals surface area contributed by atoms with Crippen molar-refractivity contribution < 1.29 is 19.4 Å². The van der Waals surface area contributed by atoms with Crippen LogP contribution in [0.2, 0.25) is 0 Å². The Kier molecular flexibility index (Phi) is 4.42. The second-order valence-electron chi connectivity index (χ2n) is 5.03. The van der Waals surface area contributed by atoms with E-state index < -0.39 is 5.97 Å². The van der Waals surface area contributed by atoms with E-state index in [9.17, 15) is 9.59 Å². The van der Waals surface area contributed by atoms with E-state index in [4.69, 9.17) is 9.84 Å². The predicted octanol–water partition coefficient (Wildman–Crippen LogP) is 0.934. The molecule has 1 N–H and O–H groups in total. The number of aliphatic carboxylic acids is 1. The van der Waals surface area contributed by atoms with Gasteiger partial charge in [-0.2, -0.15) is 0 Å². The number of carboxylic acids is 1. The van der Waals surface area contributed by atoms with Gasteiger partial charge < -0.3 is 19.6 Å². The summed E-state index contributed by atoms with van der Waals surface area (Å²) in [4.78, 5) is 26.3. The molecule has 6 heteroatoms. The number of ether oxygens (including phenoxy) is 1. The number of carbonyl (C=O) groups is 2. The molecule has 0 unspecified atom stereocenters. The van der Waals surface area contributed by atoms with Gasteiger partial charge in [0.15, 0.2) is 0 Å². The molecule has 106 valence electrons. The Labute approximate surface area is 112 Å². The quantitative estimate of drug-likeness (QED) is 0.753. The van der Waals surface area contributed by atoms with Gasteiger partial charge in [0.1, 0.15) is 6.54 Å². The summed E-state index contributed by atoms with van der Waals surface area (Å²) in [6, 6.07) is -0.0365. The number of carboxylic acid groups (broad SMARTS) is 1. The van der Waals surface area contributed by atoms with Gasteiger partial charge in [-0.15, -0.1) is 0 Å². The first-order chi connectivity index (χ1) is 9.11. The average Bonchev–Trinajstić information content (AvgIpc) is 3.20. The molecule has 1 fully saturated rings. The Morgan fingerprint density at radius 3 is 2.74 bits per heavy atom. The number of urea groups is 1. The lowest BCUT2D eigenvalue weighted by Crippen LogP contribution is -2.48. The predicted molar refractivity (Wildman–Crippen MR) is 68.9 cm³/mol. The smallest absolute Gasteiger partial charge is 0.323 e. The highest BCUT2D eigenvalue weighted by atomic mass is 16.5. The fourth-order valence-corrected chi connectivity index (χ4v) is 2.27. The summed E-state index contributed by atoms with van der Waals surface area (Å²) in [6.45, 7) is 1.58. The molecule has 0 spiro atoms. The van der Waals surface area contributed by atoms with Crippen molar-refractivity contribution in [3.05, 3.63) is 11.6 Å². The number of methoxy groups -OCH3 is 1. The number of nitrogens with zero attached hydrogens (tertiary/aromatic N) is 2. The van der Waals surface area contributed by atoms with Crippen LogP contribution < -0.4 is 0 Å². The third-order valence-corrected chi connectivity index (χ3v) is 3.44. The molecule has 1 aliphatic carbocycles. The van der Waals surface area contributed by atoms with Crippen LogP contribution in [-0.2, 0) is 9.53 Å². The van der Waals surface area contributed by atoms with Gasteiger partial charge in [0, 0.05) is 26.2 Å². The van der Waals surface area contributed by atoms with E-state index in [0.29, 0.717) is 19.7 Å². The van der Waals surface area contributed by atoms with E-state index in [1.807, 2.05) is 6.08 Å². The van der Waals surface area contributed by atoms with Gasteiger partial charge in [-0.25, -0.2) is 4.79 Å². The third-order valence-electron chi connectivity index (χ3n) is 3.44. The number of carbonyl (C=O) groups excluding carboxylic acids is 1. The van der Waals surface area contributed by atoms with Crippen molar-refractivity contribution in [3.63, 3.8) is 0 Å². The lowest BCUT2D eigenvalue weighted by Gasteiger charge is -2.31. The molecule has 0 radical (unpaired) electrons. The minimum absolute atomic E-state index is 0.118. The molecular formula is C13H20N2O4. The van der Waals surface area contributed by atoms with Gasteiger partial charge >= 0.3 is 12.0 Å². The molecule has 1 saturated carbocycles. The van der Waals surface area contributed by atoms with Crippen LogP contribution in [0.15, 0.2) is 11.6 Å². The second-order valence-corrected chi connectivity index (χ2v) is 5.03. The number of hydrogen-bond acceptors (Lipinski definition) is 3.